The number of alkyl carbamates (subject to hydrolysis) is 1. The molecule has 208 valence electrons. The molecule has 0 aromatic heterocycles. The van der Waals surface area contributed by atoms with Gasteiger partial charge in [0, 0.05) is 17.0 Å². The Labute approximate surface area is 231 Å². The lowest BCUT2D eigenvalue weighted by atomic mass is 9.92. The molecular formula is C29H41N3O5S. The molecular weight excluding hydrogens is 502 g/mol. The summed E-state index contributed by atoms with van der Waals surface area (Å²) >= 11 is 4.34. The number of hydrogen-bond donors (Lipinski definition) is 3. The third-order valence-corrected chi connectivity index (χ3v) is 6.08. The second kappa shape index (κ2) is 12.6. The Morgan fingerprint density at radius 2 is 1.58 bits per heavy atom. The lowest BCUT2D eigenvalue weighted by Gasteiger charge is -2.43. The summed E-state index contributed by atoms with van der Waals surface area (Å²) in [6.45, 7) is 14.7. The number of thiol groups is 1. The van der Waals surface area contributed by atoms with Crippen molar-refractivity contribution in [2.45, 2.75) is 78.6 Å². The topological polar surface area (TPSA) is 97.0 Å². The minimum atomic E-state index is -1.02. The lowest BCUT2D eigenvalue weighted by Crippen LogP contribution is -2.58. The van der Waals surface area contributed by atoms with Crippen LogP contribution in [0, 0.1) is 13.8 Å². The quantitative estimate of drug-likeness (QED) is 0.385. The number of methoxy groups -OCH3 is 1. The van der Waals surface area contributed by atoms with E-state index in [0.717, 1.165) is 11.1 Å². The van der Waals surface area contributed by atoms with E-state index in [4.69, 9.17) is 9.47 Å². The number of amides is 3. The van der Waals surface area contributed by atoms with Gasteiger partial charge in [0.25, 0.3) is 5.91 Å². The Morgan fingerprint density at radius 1 is 0.974 bits per heavy atom. The van der Waals surface area contributed by atoms with Gasteiger partial charge in [0.15, 0.2) is 0 Å². The monoisotopic (exact) mass is 543 g/mol. The highest BCUT2D eigenvalue weighted by Crippen LogP contribution is 2.33. The Morgan fingerprint density at radius 3 is 2.05 bits per heavy atom. The van der Waals surface area contributed by atoms with Crippen molar-refractivity contribution >= 4 is 36.2 Å². The number of rotatable bonds is 8. The SMILES string of the molecule is COc1ccc(NC(=O)C(c2ccc(C)cc2C)N(C(=O)C(CS)NC(=O)OC(C)(C)C)C(C)(C)C)cc1. The highest BCUT2D eigenvalue weighted by Gasteiger charge is 2.42. The Kier molecular flexibility index (Phi) is 10.3. The molecule has 2 aromatic rings. The van der Waals surface area contributed by atoms with Gasteiger partial charge in [-0.2, -0.15) is 12.6 Å². The van der Waals surface area contributed by atoms with E-state index in [1.807, 2.05) is 52.8 Å². The molecule has 2 aromatic carbocycles. The summed E-state index contributed by atoms with van der Waals surface area (Å²) in [4.78, 5) is 42.1. The van der Waals surface area contributed by atoms with Gasteiger partial charge in [0.2, 0.25) is 5.91 Å². The summed E-state index contributed by atoms with van der Waals surface area (Å²) in [6.07, 6.45) is -0.732. The highest BCUT2D eigenvalue weighted by molar-refractivity contribution is 7.80. The third-order valence-electron chi connectivity index (χ3n) is 5.72. The van der Waals surface area contributed by atoms with Gasteiger partial charge in [0.05, 0.1) is 7.11 Å². The van der Waals surface area contributed by atoms with Crippen LogP contribution in [0.5, 0.6) is 5.75 Å². The first-order valence-corrected chi connectivity index (χ1v) is 13.2. The fourth-order valence-electron chi connectivity index (χ4n) is 4.06. The molecule has 38 heavy (non-hydrogen) atoms. The average molecular weight is 544 g/mol. The first kappa shape index (κ1) is 31.0. The molecule has 0 saturated carbocycles. The van der Waals surface area contributed by atoms with Crippen LogP contribution in [0.15, 0.2) is 42.5 Å². The van der Waals surface area contributed by atoms with E-state index in [2.05, 4.69) is 23.3 Å². The first-order valence-electron chi connectivity index (χ1n) is 12.5. The summed E-state index contributed by atoms with van der Waals surface area (Å²) in [6, 6.07) is 10.7. The number of nitrogens with zero attached hydrogens (tertiary/aromatic N) is 1. The predicted octanol–water partition coefficient (Wildman–Crippen LogP) is 5.44. The van der Waals surface area contributed by atoms with Crippen molar-refractivity contribution in [2.24, 2.45) is 0 Å². The molecule has 0 heterocycles. The minimum absolute atomic E-state index is 0.0182. The molecule has 9 heteroatoms. The molecule has 0 bridgehead atoms. The Hall–Kier alpha value is -3.20. The smallest absolute Gasteiger partial charge is 0.408 e. The standard InChI is InChI=1S/C29H41N3O5S/c1-18-10-15-22(19(2)16-18)24(25(33)30-20-11-13-21(36-9)14-12-20)32(28(3,4)5)26(34)23(17-38)31-27(35)37-29(6,7)8/h10-16,23-24,38H,17H2,1-9H3,(H,30,33)(H,31,35). The summed E-state index contributed by atoms with van der Waals surface area (Å²) in [5.74, 6) is -0.163. The summed E-state index contributed by atoms with van der Waals surface area (Å²) in [7, 11) is 1.57. The molecule has 2 unspecified atom stereocenters. The maximum atomic E-state index is 14.1. The number of anilines is 1. The van der Waals surface area contributed by atoms with Gasteiger partial charge in [-0.25, -0.2) is 4.79 Å². The van der Waals surface area contributed by atoms with Gasteiger partial charge in [-0.05, 0) is 90.8 Å². The van der Waals surface area contributed by atoms with Crippen LogP contribution in [-0.2, 0) is 14.3 Å². The summed E-state index contributed by atoms with van der Waals surface area (Å²) in [5, 5.41) is 5.58. The number of nitrogens with one attached hydrogen (secondary N) is 2. The molecule has 0 saturated heterocycles. The second-order valence-corrected chi connectivity index (χ2v) is 11.6. The van der Waals surface area contributed by atoms with Crippen LogP contribution in [0.3, 0.4) is 0 Å². The number of aryl methyl sites for hydroxylation is 2. The van der Waals surface area contributed by atoms with Crippen LogP contribution < -0.4 is 15.4 Å². The molecule has 2 N–H and O–H groups in total. The molecule has 8 nitrogen and oxygen atoms in total. The second-order valence-electron chi connectivity index (χ2n) is 11.2. The summed E-state index contributed by atoms with van der Waals surface area (Å²) in [5.41, 5.74) is 1.60. The van der Waals surface area contributed by atoms with Crippen molar-refractivity contribution < 1.29 is 23.9 Å². The third kappa shape index (κ3) is 8.41. The number of ether oxygens (including phenoxy) is 2. The van der Waals surface area contributed by atoms with E-state index in [1.54, 1.807) is 52.1 Å². The maximum absolute atomic E-state index is 14.1. The fourth-order valence-corrected chi connectivity index (χ4v) is 4.31. The van der Waals surface area contributed by atoms with Gasteiger partial charge in [-0.15, -0.1) is 0 Å². The van der Waals surface area contributed by atoms with Crippen molar-refractivity contribution in [3.63, 3.8) is 0 Å². The number of benzene rings is 2. The molecule has 0 aliphatic heterocycles. The Balaban J connectivity index is 2.56. The van der Waals surface area contributed by atoms with Crippen LogP contribution in [0.4, 0.5) is 10.5 Å². The van der Waals surface area contributed by atoms with Gasteiger partial charge >= 0.3 is 6.09 Å². The number of carbonyl (C=O) groups is 3. The van der Waals surface area contributed by atoms with Crippen LogP contribution >= 0.6 is 12.6 Å². The number of hydrogen-bond acceptors (Lipinski definition) is 6. The highest BCUT2D eigenvalue weighted by atomic mass is 32.1. The largest absolute Gasteiger partial charge is 0.497 e. The van der Waals surface area contributed by atoms with Crippen molar-refractivity contribution in [1.82, 2.24) is 10.2 Å². The van der Waals surface area contributed by atoms with E-state index >= 15 is 0 Å². The van der Waals surface area contributed by atoms with Gasteiger partial charge in [-0.3, -0.25) is 9.59 Å². The summed E-state index contributed by atoms with van der Waals surface area (Å²) < 4.78 is 10.6. The van der Waals surface area contributed by atoms with E-state index < -0.39 is 35.2 Å². The average Bonchev–Trinajstić information content (AvgIpc) is 2.79. The van der Waals surface area contributed by atoms with Crippen molar-refractivity contribution in [2.75, 3.05) is 18.2 Å². The molecule has 0 aliphatic carbocycles. The predicted molar refractivity (Wildman–Crippen MR) is 154 cm³/mol. The normalized spacial score (nSPS) is 13.2. The van der Waals surface area contributed by atoms with Crippen molar-refractivity contribution in [3.05, 3.63) is 59.2 Å². The van der Waals surface area contributed by atoms with E-state index in [1.165, 1.54) is 4.90 Å². The van der Waals surface area contributed by atoms with Gasteiger partial charge in [-0.1, -0.05) is 23.8 Å². The van der Waals surface area contributed by atoms with Crippen molar-refractivity contribution in [3.8, 4) is 5.75 Å². The molecule has 2 atom stereocenters. The minimum Gasteiger partial charge on any atom is -0.497 e. The van der Waals surface area contributed by atoms with Gasteiger partial charge < -0.3 is 25.0 Å². The Bertz CT molecular complexity index is 1140. The van der Waals surface area contributed by atoms with Crippen LogP contribution in [-0.4, -0.2) is 52.9 Å². The molecule has 0 fully saturated rings. The molecule has 2 rings (SSSR count). The first-order chi connectivity index (χ1) is 17.6. The maximum Gasteiger partial charge on any atom is 0.408 e. The van der Waals surface area contributed by atoms with Crippen molar-refractivity contribution in [1.29, 1.82) is 0 Å². The van der Waals surface area contributed by atoms with Crippen LogP contribution in [0.25, 0.3) is 0 Å². The van der Waals surface area contributed by atoms with Crippen LogP contribution in [0.2, 0.25) is 0 Å². The zero-order valence-electron chi connectivity index (χ0n) is 23.8. The zero-order valence-corrected chi connectivity index (χ0v) is 24.7. The van der Waals surface area contributed by atoms with E-state index in [-0.39, 0.29) is 11.7 Å². The molecule has 0 radical (unpaired) electrons. The number of carbonyl (C=O) groups excluding carboxylic acids is 3. The van der Waals surface area contributed by atoms with E-state index in [9.17, 15) is 14.4 Å². The molecule has 0 aliphatic rings. The lowest BCUT2D eigenvalue weighted by molar-refractivity contribution is -0.146. The zero-order chi connectivity index (χ0) is 28.8. The molecule has 0 spiro atoms. The van der Waals surface area contributed by atoms with Crippen LogP contribution in [0.1, 0.15) is 64.3 Å². The van der Waals surface area contributed by atoms with Gasteiger partial charge in [0.1, 0.15) is 23.4 Å². The van der Waals surface area contributed by atoms with E-state index in [0.29, 0.717) is 17.0 Å². The molecule has 3 amide bonds. The fraction of sp³-hybridized carbons (Fsp3) is 0.483.